The molecule has 7 heteroatoms. The smallest absolute Gasteiger partial charge is 0.241 e. The highest BCUT2D eigenvalue weighted by Gasteiger charge is 2.27. The summed E-state index contributed by atoms with van der Waals surface area (Å²) in [7, 11) is 0. The Labute approximate surface area is 176 Å². The molecule has 3 rings (SSSR count). The molecule has 0 aliphatic carbocycles. The third kappa shape index (κ3) is 4.72. The molecule has 2 aromatic carbocycles. The van der Waals surface area contributed by atoms with Crippen LogP contribution in [-0.4, -0.2) is 49.6 Å². The minimum absolute atomic E-state index is 0.113. The molecule has 1 saturated heterocycles. The summed E-state index contributed by atoms with van der Waals surface area (Å²) in [5.74, 6) is 0.788. The van der Waals surface area contributed by atoms with E-state index in [0.717, 1.165) is 37.6 Å². The first-order chi connectivity index (χ1) is 13.5. The van der Waals surface area contributed by atoms with Gasteiger partial charge in [0.15, 0.2) is 0 Å². The highest BCUT2D eigenvalue weighted by molar-refractivity contribution is 6.39. The van der Waals surface area contributed by atoms with Crippen molar-refractivity contribution in [3.63, 3.8) is 0 Å². The number of benzene rings is 2. The molecule has 1 heterocycles. The van der Waals surface area contributed by atoms with Gasteiger partial charge < -0.3 is 15.0 Å². The number of hydrogen-bond acceptors (Lipinski definition) is 4. The maximum atomic E-state index is 12.7. The van der Waals surface area contributed by atoms with Crippen molar-refractivity contribution in [1.29, 1.82) is 0 Å². The fourth-order valence-corrected chi connectivity index (χ4v) is 3.85. The number of piperazine rings is 1. The zero-order valence-electron chi connectivity index (χ0n) is 16.1. The van der Waals surface area contributed by atoms with Crippen molar-refractivity contribution >= 4 is 40.5 Å². The number of carbonyl (C=O) groups excluding carboxylic acids is 1. The Hall–Kier alpha value is -1.95. The monoisotopic (exact) mass is 421 g/mol. The molecule has 0 bridgehead atoms. The van der Waals surface area contributed by atoms with E-state index in [9.17, 15) is 4.79 Å². The molecule has 0 radical (unpaired) electrons. The van der Waals surface area contributed by atoms with Gasteiger partial charge in [0.05, 0.1) is 34.1 Å². The molecule has 28 heavy (non-hydrogen) atoms. The van der Waals surface area contributed by atoms with Gasteiger partial charge in [-0.05, 0) is 38.1 Å². The van der Waals surface area contributed by atoms with Crippen molar-refractivity contribution in [3.8, 4) is 5.75 Å². The van der Waals surface area contributed by atoms with E-state index in [1.165, 1.54) is 0 Å². The molecule has 150 valence electrons. The number of nitrogens with one attached hydrogen (secondary N) is 1. The first kappa shape index (κ1) is 20.8. The lowest BCUT2D eigenvalue weighted by Gasteiger charge is -2.39. The molecule has 1 atom stereocenters. The lowest BCUT2D eigenvalue weighted by Crippen LogP contribution is -2.52. The second kappa shape index (κ2) is 9.50. The second-order valence-electron chi connectivity index (χ2n) is 6.69. The van der Waals surface area contributed by atoms with Gasteiger partial charge in [0, 0.05) is 26.2 Å². The summed E-state index contributed by atoms with van der Waals surface area (Å²) in [4.78, 5) is 17.2. The van der Waals surface area contributed by atoms with Gasteiger partial charge in [-0.1, -0.05) is 41.4 Å². The fourth-order valence-electron chi connectivity index (χ4n) is 3.36. The number of anilines is 2. The van der Waals surface area contributed by atoms with Crippen molar-refractivity contribution in [2.24, 2.45) is 0 Å². The summed E-state index contributed by atoms with van der Waals surface area (Å²) >= 11 is 12.3. The van der Waals surface area contributed by atoms with Crippen LogP contribution in [0.5, 0.6) is 5.75 Å². The van der Waals surface area contributed by atoms with Crippen molar-refractivity contribution in [2.45, 2.75) is 19.9 Å². The lowest BCUT2D eigenvalue weighted by atomic mass is 10.2. The van der Waals surface area contributed by atoms with Gasteiger partial charge in [-0.15, -0.1) is 0 Å². The van der Waals surface area contributed by atoms with Gasteiger partial charge in [-0.3, -0.25) is 9.69 Å². The minimum Gasteiger partial charge on any atom is -0.492 e. The van der Waals surface area contributed by atoms with Crippen LogP contribution in [0.1, 0.15) is 13.8 Å². The van der Waals surface area contributed by atoms with E-state index in [0.29, 0.717) is 22.3 Å². The van der Waals surface area contributed by atoms with E-state index in [2.05, 4.69) is 21.2 Å². The van der Waals surface area contributed by atoms with Gasteiger partial charge in [0.25, 0.3) is 0 Å². The molecule has 1 amide bonds. The van der Waals surface area contributed by atoms with Crippen molar-refractivity contribution in [2.75, 3.05) is 43.0 Å². The van der Waals surface area contributed by atoms with Crippen LogP contribution in [-0.2, 0) is 4.79 Å². The van der Waals surface area contributed by atoms with Crippen LogP contribution in [0, 0.1) is 0 Å². The first-order valence-corrected chi connectivity index (χ1v) is 10.2. The number of amides is 1. The molecule has 1 aliphatic rings. The minimum atomic E-state index is -0.281. The Morgan fingerprint density at radius 2 is 1.71 bits per heavy atom. The third-order valence-electron chi connectivity index (χ3n) is 4.96. The fraction of sp³-hybridized carbons (Fsp3) is 0.381. The molecular weight excluding hydrogens is 397 g/mol. The summed E-state index contributed by atoms with van der Waals surface area (Å²) in [5.41, 5.74) is 1.57. The molecule has 1 fully saturated rings. The average molecular weight is 422 g/mol. The van der Waals surface area contributed by atoms with Crippen LogP contribution in [0.3, 0.4) is 0 Å². The molecule has 0 unspecified atom stereocenters. The van der Waals surface area contributed by atoms with Crippen molar-refractivity contribution < 1.29 is 9.53 Å². The maximum absolute atomic E-state index is 12.7. The van der Waals surface area contributed by atoms with Crippen LogP contribution in [0.15, 0.2) is 42.5 Å². The summed E-state index contributed by atoms with van der Waals surface area (Å²) in [6.45, 7) is 7.75. The normalized spacial score (nSPS) is 15.9. The first-order valence-electron chi connectivity index (χ1n) is 9.47. The molecule has 2 aromatic rings. The molecule has 0 saturated carbocycles. The quantitative estimate of drug-likeness (QED) is 0.743. The number of halogens is 2. The van der Waals surface area contributed by atoms with Gasteiger partial charge in [0.2, 0.25) is 5.91 Å². The van der Waals surface area contributed by atoms with Crippen LogP contribution >= 0.6 is 23.2 Å². The Balaban J connectivity index is 1.61. The molecule has 0 spiro atoms. The molecule has 5 nitrogen and oxygen atoms in total. The Morgan fingerprint density at radius 3 is 2.36 bits per heavy atom. The van der Waals surface area contributed by atoms with E-state index < -0.39 is 0 Å². The van der Waals surface area contributed by atoms with Crippen LogP contribution in [0.25, 0.3) is 0 Å². The number of carbonyl (C=O) groups is 1. The largest absolute Gasteiger partial charge is 0.492 e. The van der Waals surface area contributed by atoms with Crippen LogP contribution < -0.4 is 15.0 Å². The topological polar surface area (TPSA) is 44.8 Å². The van der Waals surface area contributed by atoms with E-state index in [1.54, 1.807) is 18.2 Å². The average Bonchev–Trinajstić information content (AvgIpc) is 2.71. The summed E-state index contributed by atoms with van der Waals surface area (Å²) in [5, 5.41) is 3.74. The Bertz CT molecular complexity index is 803. The Kier molecular flexibility index (Phi) is 7.05. The number of para-hydroxylation sites is 3. The molecule has 1 aliphatic heterocycles. The highest BCUT2D eigenvalue weighted by Crippen LogP contribution is 2.31. The van der Waals surface area contributed by atoms with E-state index in [4.69, 9.17) is 27.9 Å². The number of rotatable bonds is 6. The summed E-state index contributed by atoms with van der Waals surface area (Å²) in [6.07, 6.45) is 0. The highest BCUT2D eigenvalue weighted by atomic mass is 35.5. The summed E-state index contributed by atoms with van der Waals surface area (Å²) < 4.78 is 5.75. The zero-order valence-corrected chi connectivity index (χ0v) is 17.6. The zero-order chi connectivity index (χ0) is 20.1. The van der Waals surface area contributed by atoms with Gasteiger partial charge in [-0.2, -0.15) is 0 Å². The Morgan fingerprint density at radius 1 is 1.07 bits per heavy atom. The number of nitrogens with zero attached hydrogens (tertiary/aromatic N) is 2. The maximum Gasteiger partial charge on any atom is 0.241 e. The molecule has 0 aromatic heterocycles. The SMILES string of the molecule is CCOc1ccccc1N1CCN([C@H](C)C(=O)Nc2c(Cl)cccc2Cl)CC1. The molecule has 1 N–H and O–H groups in total. The number of hydrogen-bond donors (Lipinski definition) is 1. The van der Waals surface area contributed by atoms with Crippen molar-refractivity contribution in [3.05, 3.63) is 52.5 Å². The van der Waals surface area contributed by atoms with E-state index in [1.807, 2.05) is 32.0 Å². The standard InChI is InChI=1S/C21H25Cl2N3O2/c1-3-28-19-10-5-4-9-18(19)26-13-11-25(12-14-26)15(2)21(27)24-20-16(22)7-6-8-17(20)23/h4-10,15H,3,11-14H2,1-2H3,(H,24,27)/t15-/m1/s1. The van der Waals surface area contributed by atoms with Crippen LogP contribution in [0.4, 0.5) is 11.4 Å². The van der Waals surface area contributed by atoms with Gasteiger partial charge in [-0.25, -0.2) is 0 Å². The second-order valence-corrected chi connectivity index (χ2v) is 7.50. The lowest BCUT2D eigenvalue weighted by molar-refractivity contribution is -0.120. The predicted octanol–water partition coefficient (Wildman–Crippen LogP) is 4.54. The van der Waals surface area contributed by atoms with Gasteiger partial charge >= 0.3 is 0 Å². The molecular formula is C21H25Cl2N3O2. The predicted molar refractivity (Wildman–Crippen MR) is 116 cm³/mol. The van der Waals surface area contributed by atoms with Gasteiger partial charge in [0.1, 0.15) is 5.75 Å². The number of ether oxygens (including phenoxy) is 1. The third-order valence-corrected chi connectivity index (χ3v) is 5.59. The van der Waals surface area contributed by atoms with Crippen LogP contribution in [0.2, 0.25) is 10.0 Å². The van der Waals surface area contributed by atoms with Crippen molar-refractivity contribution in [1.82, 2.24) is 4.90 Å². The summed E-state index contributed by atoms with van der Waals surface area (Å²) in [6, 6.07) is 13.0. The van der Waals surface area contributed by atoms with E-state index >= 15 is 0 Å². The van der Waals surface area contributed by atoms with E-state index in [-0.39, 0.29) is 11.9 Å².